The fourth-order valence-electron chi connectivity index (χ4n) is 4.28. The summed E-state index contributed by atoms with van der Waals surface area (Å²) in [6.07, 6.45) is 5.28. The number of hydrazine groups is 1. The zero-order valence-corrected chi connectivity index (χ0v) is 19.6. The first-order chi connectivity index (χ1) is 16.4. The third kappa shape index (κ3) is 5.31. The number of carbonyl (C=O) groups excluding carboxylic acids is 3. The van der Waals surface area contributed by atoms with E-state index in [4.69, 9.17) is 4.42 Å². The maximum atomic E-state index is 12.9. The second-order valence-corrected chi connectivity index (χ2v) is 10.4. The highest BCUT2D eigenvalue weighted by molar-refractivity contribution is 7.89. The predicted molar refractivity (Wildman–Crippen MR) is 122 cm³/mol. The summed E-state index contributed by atoms with van der Waals surface area (Å²) < 4.78 is 32.4. The highest BCUT2D eigenvalue weighted by Crippen LogP contribution is 2.22. The van der Waals surface area contributed by atoms with Gasteiger partial charge in [0.25, 0.3) is 11.8 Å². The summed E-state index contributed by atoms with van der Waals surface area (Å²) in [5.74, 6) is -1.59. The minimum atomic E-state index is -3.68. The normalized spacial score (nSPS) is 19.4. The molecule has 1 aromatic carbocycles. The highest BCUT2D eigenvalue weighted by atomic mass is 32.2. The van der Waals surface area contributed by atoms with Crippen molar-refractivity contribution < 1.29 is 27.2 Å². The Morgan fingerprint density at radius 3 is 2.47 bits per heavy atom. The van der Waals surface area contributed by atoms with Crippen LogP contribution in [0, 0.1) is 5.92 Å². The second-order valence-electron chi connectivity index (χ2n) is 8.50. The molecule has 10 nitrogen and oxygen atoms in total. The summed E-state index contributed by atoms with van der Waals surface area (Å²) in [4.78, 5) is 39.3. The maximum absolute atomic E-state index is 12.9. The van der Waals surface area contributed by atoms with Crippen LogP contribution in [-0.4, -0.2) is 61.5 Å². The van der Waals surface area contributed by atoms with E-state index in [-0.39, 0.29) is 28.7 Å². The van der Waals surface area contributed by atoms with E-state index in [2.05, 4.69) is 10.9 Å². The van der Waals surface area contributed by atoms with Gasteiger partial charge in [-0.05, 0) is 56.0 Å². The average Bonchev–Trinajstić information content (AvgIpc) is 3.42. The lowest BCUT2D eigenvalue weighted by Gasteiger charge is -2.31. The Bertz CT molecular complexity index is 1140. The van der Waals surface area contributed by atoms with Crippen LogP contribution in [0.15, 0.2) is 52.0 Å². The number of sulfonamides is 1. The number of hydrogen-bond acceptors (Lipinski definition) is 6. The molecule has 0 spiro atoms. The van der Waals surface area contributed by atoms with E-state index in [1.54, 1.807) is 17.0 Å². The number of hydrogen-bond donors (Lipinski definition) is 2. The Morgan fingerprint density at radius 2 is 1.74 bits per heavy atom. The summed E-state index contributed by atoms with van der Waals surface area (Å²) in [5, 5.41) is 0. The zero-order chi connectivity index (χ0) is 24.1. The molecule has 2 aliphatic rings. The number of rotatable bonds is 5. The van der Waals surface area contributed by atoms with Gasteiger partial charge in [-0.25, -0.2) is 8.42 Å². The maximum Gasteiger partial charge on any atom is 0.289 e. The molecule has 2 aromatic rings. The Labute approximate surface area is 198 Å². The number of piperidine rings is 2. The molecular formula is C23H28N4O6S. The summed E-state index contributed by atoms with van der Waals surface area (Å²) in [5.41, 5.74) is 4.89. The molecule has 0 aliphatic carbocycles. The van der Waals surface area contributed by atoms with E-state index in [0.29, 0.717) is 32.5 Å². The van der Waals surface area contributed by atoms with Crippen LogP contribution in [0.5, 0.6) is 0 Å². The van der Waals surface area contributed by atoms with Crippen LogP contribution in [0.1, 0.15) is 53.0 Å². The topological polar surface area (TPSA) is 129 Å². The molecule has 2 saturated heterocycles. The first-order valence-corrected chi connectivity index (χ1v) is 12.8. The number of benzene rings is 1. The molecule has 34 heavy (non-hydrogen) atoms. The number of furan rings is 1. The fourth-order valence-corrected chi connectivity index (χ4v) is 5.84. The standard InChI is InChI=1S/C23H28N4O6S/c28-21(17-7-4-9-19(15-17)34(31,32)27-12-2-1-3-13-27)24-25-22(29)18-8-5-11-26(16-18)23(30)20-10-6-14-33-20/h4,6-7,9-10,14-15,18H,1-3,5,8,11-13,16H2,(H,24,28)(H,25,29). The predicted octanol–water partition coefficient (Wildman–Crippen LogP) is 1.77. The van der Waals surface area contributed by atoms with E-state index >= 15 is 0 Å². The Balaban J connectivity index is 1.35. The van der Waals surface area contributed by atoms with Gasteiger partial charge in [-0.15, -0.1) is 0 Å². The van der Waals surface area contributed by atoms with E-state index in [9.17, 15) is 22.8 Å². The molecule has 182 valence electrons. The van der Waals surface area contributed by atoms with Gasteiger partial charge in [0.2, 0.25) is 15.9 Å². The van der Waals surface area contributed by atoms with Crippen molar-refractivity contribution in [1.82, 2.24) is 20.1 Å². The van der Waals surface area contributed by atoms with Crippen molar-refractivity contribution in [2.75, 3.05) is 26.2 Å². The lowest BCUT2D eigenvalue weighted by molar-refractivity contribution is -0.127. The van der Waals surface area contributed by atoms with Gasteiger partial charge in [-0.2, -0.15) is 4.31 Å². The van der Waals surface area contributed by atoms with Crippen molar-refractivity contribution in [1.29, 1.82) is 0 Å². The van der Waals surface area contributed by atoms with Crippen molar-refractivity contribution in [3.63, 3.8) is 0 Å². The van der Waals surface area contributed by atoms with Gasteiger partial charge >= 0.3 is 0 Å². The van der Waals surface area contributed by atoms with Crippen molar-refractivity contribution in [3.05, 3.63) is 54.0 Å². The van der Waals surface area contributed by atoms with E-state index in [1.807, 2.05) is 0 Å². The van der Waals surface area contributed by atoms with Crippen molar-refractivity contribution in [3.8, 4) is 0 Å². The Morgan fingerprint density at radius 1 is 0.941 bits per heavy atom. The second kappa shape index (κ2) is 10.4. The quantitative estimate of drug-likeness (QED) is 0.617. The van der Waals surface area contributed by atoms with E-state index in [0.717, 1.165) is 19.3 Å². The molecule has 0 bridgehead atoms. The summed E-state index contributed by atoms with van der Waals surface area (Å²) >= 11 is 0. The fraction of sp³-hybridized carbons (Fsp3) is 0.435. The smallest absolute Gasteiger partial charge is 0.289 e. The molecule has 2 fully saturated rings. The third-order valence-corrected chi connectivity index (χ3v) is 8.05. The SMILES string of the molecule is O=C(NNC(=O)C1CCCN(C(=O)c2ccco2)C1)c1cccc(S(=O)(=O)N2CCCCC2)c1. The van der Waals surface area contributed by atoms with Gasteiger partial charge in [0.1, 0.15) is 0 Å². The molecule has 3 amide bonds. The van der Waals surface area contributed by atoms with E-state index < -0.39 is 27.8 Å². The summed E-state index contributed by atoms with van der Waals surface area (Å²) in [6.45, 7) is 1.67. The summed E-state index contributed by atoms with van der Waals surface area (Å²) in [6, 6.07) is 8.98. The molecule has 1 aromatic heterocycles. The van der Waals surface area contributed by atoms with Crippen molar-refractivity contribution in [2.45, 2.75) is 37.0 Å². The molecule has 3 heterocycles. The zero-order valence-electron chi connectivity index (χ0n) is 18.7. The molecule has 4 rings (SSSR count). The minimum absolute atomic E-state index is 0.0488. The third-order valence-electron chi connectivity index (χ3n) is 6.16. The van der Waals surface area contributed by atoms with Crippen LogP contribution in [0.2, 0.25) is 0 Å². The van der Waals surface area contributed by atoms with Crippen molar-refractivity contribution >= 4 is 27.7 Å². The van der Waals surface area contributed by atoms with Gasteiger partial charge in [-0.3, -0.25) is 25.2 Å². The highest BCUT2D eigenvalue weighted by Gasteiger charge is 2.30. The molecule has 2 N–H and O–H groups in total. The van der Waals surface area contributed by atoms with Gasteiger partial charge < -0.3 is 9.32 Å². The molecular weight excluding hydrogens is 460 g/mol. The van der Waals surface area contributed by atoms with Crippen LogP contribution in [-0.2, 0) is 14.8 Å². The largest absolute Gasteiger partial charge is 0.459 e. The van der Waals surface area contributed by atoms with Gasteiger partial charge in [0, 0.05) is 31.7 Å². The Kier molecular flexibility index (Phi) is 7.32. The number of nitrogens with one attached hydrogen (secondary N) is 2. The lowest BCUT2D eigenvalue weighted by Crippen LogP contribution is -2.50. The minimum Gasteiger partial charge on any atom is -0.459 e. The molecule has 11 heteroatoms. The molecule has 1 atom stereocenters. The molecule has 1 unspecified atom stereocenters. The lowest BCUT2D eigenvalue weighted by atomic mass is 9.97. The number of carbonyl (C=O) groups is 3. The Hall–Kier alpha value is -3.18. The number of amides is 3. The van der Waals surface area contributed by atoms with Crippen LogP contribution >= 0.6 is 0 Å². The van der Waals surface area contributed by atoms with Gasteiger partial charge in [-0.1, -0.05) is 12.5 Å². The van der Waals surface area contributed by atoms with Crippen molar-refractivity contribution in [2.24, 2.45) is 5.92 Å². The number of nitrogens with zero attached hydrogens (tertiary/aromatic N) is 2. The first-order valence-electron chi connectivity index (χ1n) is 11.4. The van der Waals surface area contributed by atoms with Crippen LogP contribution in [0.25, 0.3) is 0 Å². The summed E-state index contributed by atoms with van der Waals surface area (Å²) in [7, 11) is -3.68. The molecule has 0 radical (unpaired) electrons. The van der Waals surface area contributed by atoms with Crippen LogP contribution in [0.4, 0.5) is 0 Å². The van der Waals surface area contributed by atoms with E-state index in [1.165, 1.54) is 34.8 Å². The van der Waals surface area contributed by atoms with Crippen LogP contribution in [0.3, 0.4) is 0 Å². The molecule has 2 aliphatic heterocycles. The first kappa shape index (κ1) is 24.0. The van der Waals surface area contributed by atoms with Crippen LogP contribution < -0.4 is 10.9 Å². The number of likely N-dealkylation sites (tertiary alicyclic amines) is 1. The van der Waals surface area contributed by atoms with Gasteiger partial charge in [0.15, 0.2) is 5.76 Å². The monoisotopic (exact) mass is 488 g/mol. The van der Waals surface area contributed by atoms with Gasteiger partial charge in [0.05, 0.1) is 17.1 Å². The molecule has 0 saturated carbocycles. The average molecular weight is 489 g/mol.